The first-order valence-electron chi connectivity index (χ1n) is 4.29. The van der Waals surface area contributed by atoms with Gasteiger partial charge in [-0.3, -0.25) is 0 Å². The predicted octanol–water partition coefficient (Wildman–Crippen LogP) is 0.189. The Hall–Kier alpha value is 0.511. The minimum atomic E-state index is -4.81. The summed E-state index contributed by atoms with van der Waals surface area (Å²) in [6.45, 7) is -3.64. The van der Waals surface area contributed by atoms with Gasteiger partial charge in [-0.1, -0.05) is 30.4 Å². The molecule has 0 saturated heterocycles. The van der Waals surface area contributed by atoms with Crippen LogP contribution >= 0.6 is 0 Å². The van der Waals surface area contributed by atoms with Crippen molar-refractivity contribution in [2.45, 2.75) is 12.7 Å². The van der Waals surface area contributed by atoms with Gasteiger partial charge in [-0.2, -0.15) is 0 Å². The Morgan fingerprint density at radius 3 is 1.93 bits per heavy atom. The minimum Gasteiger partial charge on any atom is -0.497 e. The van der Waals surface area contributed by atoms with Gasteiger partial charge < -0.3 is 17.7 Å². The average Bonchev–Trinajstić information content (AvgIpc) is 2.15. The van der Waals surface area contributed by atoms with E-state index in [-0.39, 0.29) is 56.9 Å². The van der Waals surface area contributed by atoms with Crippen LogP contribution in [0.4, 0.5) is 12.9 Å². The summed E-state index contributed by atoms with van der Waals surface area (Å²) in [4.78, 5) is 0. The van der Waals surface area contributed by atoms with E-state index in [1.54, 1.807) is 0 Å². The molecule has 78 valence electrons. The van der Waals surface area contributed by atoms with Crippen LogP contribution in [0.3, 0.4) is 0 Å². The van der Waals surface area contributed by atoms with Crippen molar-refractivity contribution in [2.75, 3.05) is 7.11 Å². The molecule has 0 aliphatic rings. The van der Waals surface area contributed by atoms with E-state index >= 15 is 0 Å². The molecular formula is C9H11BF3KO. The second-order valence-electron chi connectivity index (χ2n) is 3.19. The van der Waals surface area contributed by atoms with E-state index in [0.717, 1.165) is 0 Å². The Morgan fingerprint density at radius 1 is 1.13 bits per heavy atom. The number of benzene rings is 1. The van der Waals surface area contributed by atoms with E-state index in [4.69, 9.17) is 4.74 Å². The zero-order valence-electron chi connectivity index (χ0n) is 9.01. The number of hydrogen-bond acceptors (Lipinski definition) is 1. The molecule has 1 aromatic carbocycles. The predicted molar refractivity (Wildman–Crippen MR) is 50.5 cm³/mol. The van der Waals surface area contributed by atoms with Gasteiger partial charge in [0.05, 0.1) is 7.11 Å². The molecule has 0 radical (unpaired) electrons. The summed E-state index contributed by atoms with van der Waals surface area (Å²) in [7, 11) is 1.48. The molecule has 1 rings (SSSR count). The third-order valence-corrected chi connectivity index (χ3v) is 2.21. The van der Waals surface area contributed by atoms with Gasteiger partial charge >= 0.3 is 58.4 Å². The first-order chi connectivity index (χ1) is 6.45. The standard InChI is InChI=1S/C9H11BF3O.K/c1-7(10(11,12)13)8-3-5-9(14-2)6-4-8;/h3-7H,1-2H3;/q-1;+1. The summed E-state index contributed by atoms with van der Waals surface area (Å²) in [5.41, 5.74) is 0.276. The summed E-state index contributed by atoms with van der Waals surface area (Å²) >= 11 is 0. The van der Waals surface area contributed by atoms with Gasteiger partial charge in [-0.05, 0) is 12.1 Å². The number of ether oxygens (including phenoxy) is 1. The van der Waals surface area contributed by atoms with Gasteiger partial charge in [0.15, 0.2) is 0 Å². The van der Waals surface area contributed by atoms with Crippen LogP contribution in [0.15, 0.2) is 24.3 Å². The second-order valence-corrected chi connectivity index (χ2v) is 3.19. The Kier molecular flexibility index (Phi) is 6.51. The van der Waals surface area contributed by atoms with Crippen molar-refractivity contribution in [1.82, 2.24) is 0 Å². The van der Waals surface area contributed by atoms with Crippen LogP contribution < -0.4 is 56.1 Å². The fourth-order valence-electron chi connectivity index (χ4n) is 1.13. The zero-order chi connectivity index (χ0) is 10.8. The second kappa shape index (κ2) is 6.30. The SMILES string of the molecule is COc1ccc(C(C)[B-](F)(F)F)cc1.[K+]. The van der Waals surface area contributed by atoms with Crippen molar-refractivity contribution < 1.29 is 69.1 Å². The van der Waals surface area contributed by atoms with E-state index in [2.05, 4.69) is 0 Å². The van der Waals surface area contributed by atoms with E-state index in [1.165, 1.54) is 38.3 Å². The molecule has 0 amide bonds. The Morgan fingerprint density at radius 2 is 1.60 bits per heavy atom. The van der Waals surface area contributed by atoms with Crippen molar-refractivity contribution >= 4 is 6.98 Å². The summed E-state index contributed by atoms with van der Waals surface area (Å²) in [5.74, 6) is -0.809. The number of halogens is 3. The Balaban J connectivity index is 0.00000196. The molecule has 0 fully saturated rings. The third-order valence-electron chi connectivity index (χ3n) is 2.21. The van der Waals surface area contributed by atoms with Crippen molar-refractivity contribution in [1.29, 1.82) is 0 Å². The molecule has 1 atom stereocenters. The van der Waals surface area contributed by atoms with Crippen LogP contribution in [0.2, 0.25) is 0 Å². The van der Waals surface area contributed by atoms with Crippen LogP contribution in [0.25, 0.3) is 0 Å². The maximum absolute atomic E-state index is 12.3. The van der Waals surface area contributed by atoms with Crippen molar-refractivity contribution in [3.8, 4) is 5.75 Å². The largest absolute Gasteiger partial charge is 1.00 e. The third kappa shape index (κ3) is 4.48. The van der Waals surface area contributed by atoms with Crippen LogP contribution in [-0.4, -0.2) is 14.1 Å². The van der Waals surface area contributed by atoms with Gasteiger partial charge in [0.25, 0.3) is 0 Å². The van der Waals surface area contributed by atoms with Crippen LogP contribution in [-0.2, 0) is 0 Å². The topological polar surface area (TPSA) is 9.23 Å². The molecule has 0 bridgehead atoms. The molecule has 0 saturated carbocycles. The molecule has 1 nitrogen and oxygen atoms in total. The van der Waals surface area contributed by atoms with E-state index in [9.17, 15) is 12.9 Å². The fraction of sp³-hybridized carbons (Fsp3) is 0.333. The molecule has 1 unspecified atom stereocenters. The summed E-state index contributed by atoms with van der Waals surface area (Å²) < 4.78 is 41.9. The first kappa shape index (κ1) is 15.5. The molecule has 1 aromatic rings. The van der Waals surface area contributed by atoms with Gasteiger partial charge in [-0.15, -0.1) is 0 Å². The van der Waals surface area contributed by atoms with E-state index in [0.29, 0.717) is 5.75 Å². The molecule has 0 aliphatic carbocycles. The smallest absolute Gasteiger partial charge is 0.497 e. The normalized spacial score (nSPS) is 12.9. The number of rotatable bonds is 3. The zero-order valence-corrected chi connectivity index (χ0v) is 12.1. The summed E-state index contributed by atoms with van der Waals surface area (Å²) in [6.07, 6.45) is 0. The van der Waals surface area contributed by atoms with Crippen LogP contribution in [0, 0.1) is 0 Å². The van der Waals surface area contributed by atoms with Crippen molar-refractivity contribution in [2.24, 2.45) is 0 Å². The summed E-state index contributed by atoms with van der Waals surface area (Å²) in [5, 5.41) is 0. The van der Waals surface area contributed by atoms with Crippen molar-refractivity contribution in [3.63, 3.8) is 0 Å². The van der Waals surface area contributed by atoms with Gasteiger partial charge in [0, 0.05) is 0 Å². The maximum atomic E-state index is 12.3. The van der Waals surface area contributed by atoms with Crippen molar-refractivity contribution in [3.05, 3.63) is 29.8 Å². The number of methoxy groups -OCH3 is 1. The molecule has 0 spiro atoms. The Bertz CT molecular complexity index is 299. The Labute approximate surface area is 130 Å². The molecule has 6 heteroatoms. The maximum Gasteiger partial charge on any atom is 1.00 e. The monoisotopic (exact) mass is 242 g/mol. The minimum absolute atomic E-state index is 0. The quantitative estimate of drug-likeness (QED) is 0.687. The van der Waals surface area contributed by atoms with Gasteiger partial charge in [-0.25, -0.2) is 0 Å². The number of hydrogen-bond donors (Lipinski definition) is 0. The average molecular weight is 242 g/mol. The molecule has 0 aromatic heterocycles. The summed E-state index contributed by atoms with van der Waals surface area (Å²) in [6, 6.07) is 5.96. The van der Waals surface area contributed by atoms with Gasteiger partial charge in [0.2, 0.25) is 0 Å². The molecule has 0 heterocycles. The van der Waals surface area contributed by atoms with Crippen LogP contribution in [0.5, 0.6) is 5.75 Å². The molecular weight excluding hydrogens is 231 g/mol. The molecule has 0 aliphatic heterocycles. The van der Waals surface area contributed by atoms with Crippen LogP contribution in [0.1, 0.15) is 18.3 Å². The van der Waals surface area contributed by atoms with E-state index < -0.39 is 12.8 Å². The first-order valence-corrected chi connectivity index (χ1v) is 4.29. The molecule has 15 heavy (non-hydrogen) atoms. The molecule has 0 N–H and O–H groups in total. The van der Waals surface area contributed by atoms with Gasteiger partial charge in [0.1, 0.15) is 5.75 Å². The fourth-order valence-corrected chi connectivity index (χ4v) is 1.13. The van der Waals surface area contributed by atoms with E-state index in [1.807, 2.05) is 0 Å².